The molecule has 0 aliphatic carbocycles. The number of aromatic amines is 1. The van der Waals surface area contributed by atoms with Crippen LogP contribution in [0.1, 0.15) is 37.6 Å². The molecule has 0 radical (unpaired) electrons. The second kappa shape index (κ2) is 3.76. The van der Waals surface area contributed by atoms with Gasteiger partial charge in [-0.2, -0.15) is 5.10 Å². The summed E-state index contributed by atoms with van der Waals surface area (Å²) in [6, 6.07) is 0. The van der Waals surface area contributed by atoms with Crippen molar-refractivity contribution >= 4 is 12.2 Å². The lowest BCUT2D eigenvalue weighted by Crippen LogP contribution is -2.03. The molecule has 12 heavy (non-hydrogen) atoms. The van der Waals surface area contributed by atoms with Crippen LogP contribution in [0.4, 0.5) is 0 Å². The lowest BCUT2D eigenvalue weighted by Gasteiger charge is -2.08. The Morgan fingerprint density at radius 1 is 1.58 bits per heavy atom. The number of nitrogens with zero attached hydrogens (tertiary/aromatic N) is 2. The first-order valence-electron chi connectivity index (χ1n) is 4.08. The number of hydrogen-bond donors (Lipinski definition) is 1. The first-order valence-corrected chi connectivity index (χ1v) is 4.49. The van der Waals surface area contributed by atoms with Crippen LogP contribution in [0.3, 0.4) is 0 Å². The maximum Gasteiger partial charge on any atom is 0.213 e. The quantitative estimate of drug-likeness (QED) is 0.716. The van der Waals surface area contributed by atoms with Crippen LogP contribution in [0.15, 0.2) is 0 Å². The van der Waals surface area contributed by atoms with Gasteiger partial charge >= 0.3 is 0 Å². The summed E-state index contributed by atoms with van der Waals surface area (Å²) in [5.41, 5.74) is 1.96. The van der Waals surface area contributed by atoms with Crippen LogP contribution in [0, 0.1) is 11.7 Å². The molecule has 1 heterocycles. The largest absolute Gasteiger partial charge is 0.252 e. The highest BCUT2D eigenvalue weighted by molar-refractivity contribution is 7.71. The molecule has 0 bridgehead atoms. The predicted octanol–water partition coefficient (Wildman–Crippen LogP) is 2.36. The van der Waals surface area contributed by atoms with Crippen molar-refractivity contribution in [3.8, 4) is 0 Å². The van der Waals surface area contributed by atoms with Crippen LogP contribution >= 0.6 is 12.2 Å². The zero-order valence-electron chi connectivity index (χ0n) is 7.59. The minimum Gasteiger partial charge on any atom is -0.252 e. The van der Waals surface area contributed by atoms with Crippen molar-refractivity contribution in [3.63, 3.8) is 0 Å². The molecule has 1 rings (SSSR count). The monoisotopic (exact) mass is 183 g/mol. The van der Waals surface area contributed by atoms with E-state index in [4.69, 9.17) is 12.2 Å². The minimum absolute atomic E-state index is 0.448. The van der Waals surface area contributed by atoms with Crippen LogP contribution in [-0.2, 0) is 0 Å². The average molecular weight is 183 g/mol. The summed E-state index contributed by atoms with van der Waals surface area (Å²) in [5.74, 6) is 0.448. The Balaban J connectivity index is 3.09. The molecule has 0 aliphatic heterocycles. The third-order valence-electron chi connectivity index (χ3n) is 1.99. The van der Waals surface area contributed by atoms with Gasteiger partial charge in [0.25, 0.3) is 0 Å². The van der Waals surface area contributed by atoms with Crippen molar-refractivity contribution in [2.75, 3.05) is 0 Å². The SMILES string of the molecule is CCC(C)c1n[nH]c(=S)nc1C. The third-order valence-corrected chi connectivity index (χ3v) is 2.17. The molecule has 66 valence electrons. The van der Waals surface area contributed by atoms with Crippen LogP contribution in [0.5, 0.6) is 0 Å². The number of nitrogens with one attached hydrogen (secondary N) is 1. The Hall–Kier alpha value is -0.770. The lowest BCUT2D eigenvalue weighted by atomic mass is 10.0. The summed E-state index contributed by atoms with van der Waals surface area (Å²) in [7, 11) is 0. The van der Waals surface area contributed by atoms with Gasteiger partial charge in [0, 0.05) is 5.92 Å². The van der Waals surface area contributed by atoms with Crippen LogP contribution in [0.2, 0.25) is 0 Å². The summed E-state index contributed by atoms with van der Waals surface area (Å²) in [6.07, 6.45) is 1.07. The molecule has 0 saturated carbocycles. The molecule has 0 aromatic carbocycles. The Bertz CT molecular complexity index is 318. The summed E-state index contributed by atoms with van der Waals surface area (Å²) >= 11 is 4.85. The molecule has 4 heteroatoms. The highest BCUT2D eigenvalue weighted by atomic mass is 32.1. The van der Waals surface area contributed by atoms with Crippen molar-refractivity contribution in [1.82, 2.24) is 15.2 Å². The van der Waals surface area contributed by atoms with Gasteiger partial charge in [0.05, 0.1) is 11.4 Å². The fraction of sp³-hybridized carbons (Fsp3) is 0.625. The molecule has 1 unspecified atom stereocenters. The first kappa shape index (κ1) is 9.32. The van der Waals surface area contributed by atoms with E-state index < -0.39 is 0 Å². The second-order valence-corrected chi connectivity index (χ2v) is 3.31. The lowest BCUT2D eigenvalue weighted by molar-refractivity contribution is 0.669. The fourth-order valence-corrected chi connectivity index (χ4v) is 1.27. The maximum atomic E-state index is 4.85. The minimum atomic E-state index is 0.448. The van der Waals surface area contributed by atoms with E-state index >= 15 is 0 Å². The van der Waals surface area contributed by atoms with Gasteiger partial charge in [-0.3, -0.25) is 5.10 Å². The fourth-order valence-electron chi connectivity index (χ4n) is 1.08. The predicted molar refractivity (Wildman–Crippen MR) is 50.7 cm³/mol. The number of aromatic nitrogens is 3. The van der Waals surface area contributed by atoms with Crippen molar-refractivity contribution in [1.29, 1.82) is 0 Å². The van der Waals surface area contributed by atoms with E-state index in [-0.39, 0.29) is 0 Å². The normalized spacial score (nSPS) is 12.9. The molecule has 1 aromatic heterocycles. The van der Waals surface area contributed by atoms with Gasteiger partial charge in [0.1, 0.15) is 0 Å². The average Bonchev–Trinajstić information content (AvgIpc) is 2.03. The van der Waals surface area contributed by atoms with Crippen LogP contribution in [-0.4, -0.2) is 15.2 Å². The Morgan fingerprint density at radius 2 is 2.25 bits per heavy atom. The molecular formula is C8H13N3S. The highest BCUT2D eigenvalue weighted by Gasteiger charge is 2.08. The van der Waals surface area contributed by atoms with Crippen LogP contribution in [0.25, 0.3) is 0 Å². The van der Waals surface area contributed by atoms with Crippen LogP contribution < -0.4 is 0 Å². The molecule has 0 aliphatic rings. The molecule has 1 N–H and O–H groups in total. The molecule has 0 saturated heterocycles. The van der Waals surface area contributed by atoms with Crippen molar-refractivity contribution in [2.24, 2.45) is 0 Å². The molecular weight excluding hydrogens is 170 g/mol. The first-order chi connectivity index (χ1) is 5.65. The summed E-state index contributed by atoms with van der Waals surface area (Å²) in [5, 5.41) is 6.87. The van der Waals surface area contributed by atoms with E-state index in [0.717, 1.165) is 17.8 Å². The Morgan fingerprint density at radius 3 is 2.75 bits per heavy atom. The van der Waals surface area contributed by atoms with Crippen molar-refractivity contribution in [3.05, 3.63) is 16.2 Å². The number of rotatable bonds is 2. The zero-order valence-corrected chi connectivity index (χ0v) is 8.40. The standard InChI is InChI=1S/C8H13N3S/c1-4-5(2)7-6(3)9-8(12)11-10-7/h5H,4H2,1-3H3,(H,9,11,12). The van der Waals surface area contributed by atoms with E-state index in [1.807, 2.05) is 6.92 Å². The molecule has 0 spiro atoms. The Labute approximate surface area is 77.2 Å². The highest BCUT2D eigenvalue weighted by Crippen LogP contribution is 2.16. The summed E-state index contributed by atoms with van der Waals surface area (Å²) in [4.78, 5) is 4.14. The number of hydrogen-bond acceptors (Lipinski definition) is 3. The smallest absolute Gasteiger partial charge is 0.213 e. The van der Waals surface area contributed by atoms with Crippen molar-refractivity contribution in [2.45, 2.75) is 33.1 Å². The van der Waals surface area contributed by atoms with E-state index in [1.54, 1.807) is 0 Å². The van der Waals surface area contributed by atoms with E-state index in [2.05, 4.69) is 29.0 Å². The van der Waals surface area contributed by atoms with Gasteiger partial charge in [-0.25, -0.2) is 4.98 Å². The van der Waals surface area contributed by atoms with E-state index in [0.29, 0.717) is 10.7 Å². The van der Waals surface area contributed by atoms with Gasteiger partial charge in [0.15, 0.2) is 0 Å². The molecule has 0 fully saturated rings. The molecule has 1 atom stereocenters. The molecule has 3 nitrogen and oxygen atoms in total. The van der Waals surface area contributed by atoms with Gasteiger partial charge in [-0.05, 0) is 25.6 Å². The molecule has 0 amide bonds. The third kappa shape index (κ3) is 1.88. The van der Waals surface area contributed by atoms with E-state index in [9.17, 15) is 0 Å². The van der Waals surface area contributed by atoms with Gasteiger partial charge < -0.3 is 0 Å². The van der Waals surface area contributed by atoms with Gasteiger partial charge in [-0.1, -0.05) is 13.8 Å². The Kier molecular flexibility index (Phi) is 2.92. The maximum absolute atomic E-state index is 4.85. The van der Waals surface area contributed by atoms with Gasteiger partial charge in [-0.15, -0.1) is 0 Å². The van der Waals surface area contributed by atoms with Gasteiger partial charge in [0.2, 0.25) is 4.77 Å². The zero-order chi connectivity index (χ0) is 9.14. The topological polar surface area (TPSA) is 41.6 Å². The summed E-state index contributed by atoms with van der Waals surface area (Å²) < 4.78 is 0.458. The molecule has 1 aromatic rings. The number of H-pyrrole nitrogens is 1. The summed E-state index contributed by atoms with van der Waals surface area (Å²) in [6.45, 7) is 6.21. The second-order valence-electron chi connectivity index (χ2n) is 2.92. The number of aryl methyl sites for hydroxylation is 1. The van der Waals surface area contributed by atoms with E-state index in [1.165, 1.54) is 0 Å². The van der Waals surface area contributed by atoms with Crippen molar-refractivity contribution < 1.29 is 0 Å².